The minimum Gasteiger partial charge on any atom is -0.368 e. The second-order valence-corrected chi connectivity index (χ2v) is 4.84. The highest BCUT2D eigenvalue weighted by Gasteiger charge is 2.18. The van der Waals surface area contributed by atoms with E-state index in [0.29, 0.717) is 22.4 Å². The van der Waals surface area contributed by atoms with Gasteiger partial charge in [0.25, 0.3) is 0 Å². The number of carbonyl (C=O) groups excluding carboxylic acids is 1. The summed E-state index contributed by atoms with van der Waals surface area (Å²) in [6.45, 7) is 0. The quantitative estimate of drug-likeness (QED) is 0.751. The normalized spacial score (nSPS) is 10.0. The molecule has 1 aromatic heterocycles. The van der Waals surface area contributed by atoms with Gasteiger partial charge in [-0.3, -0.25) is 4.79 Å². The number of anilines is 1. The lowest BCUT2D eigenvalue weighted by atomic mass is 9.95. The Morgan fingerprint density at radius 2 is 1.74 bits per heavy atom. The molecule has 0 radical (unpaired) electrons. The van der Waals surface area contributed by atoms with Crippen molar-refractivity contribution in [1.29, 1.82) is 5.26 Å². The molecule has 0 amide bonds. The van der Waals surface area contributed by atoms with Gasteiger partial charge in [0.2, 0.25) is 5.95 Å². The molecule has 0 aliphatic rings. The van der Waals surface area contributed by atoms with E-state index >= 15 is 0 Å². The van der Waals surface area contributed by atoms with Gasteiger partial charge in [0, 0.05) is 16.7 Å². The number of nitrogens with two attached hydrogens (primary N) is 1. The maximum atomic E-state index is 12.8. The molecule has 110 valence electrons. The first-order valence-electron chi connectivity index (χ1n) is 6.92. The van der Waals surface area contributed by atoms with E-state index in [9.17, 15) is 10.1 Å². The van der Waals surface area contributed by atoms with Crippen molar-refractivity contribution in [3.8, 4) is 17.3 Å². The Kier molecular flexibility index (Phi) is 3.81. The van der Waals surface area contributed by atoms with Crippen LogP contribution in [0.25, 0.3) is 11.3 Å². The molecule has 0 atom stereocenters. The van der Waals surface area contributed by atoms with Gasteiger partial charge in [-0.05, 0) is 0 Å². The molecule has 0 fully saturated rings. The van der Waals surface area contributed by atoms with Crippen LogP contribution in [0.4, 0.5) is 5.95 Å². The molecular formula is C18H12N4O. The van der Waals surface area contributed by atoms with Crippen LogP contribution in [0.2, 0.25) is 0 Å². The predicted octanol–water partition coefficient (Wildman–Crippen LogP) is 2.83. The summed E-state index contributed by atoms with van der Waals surface area (Å²) >= 11 is 0. The molecule has 5 nitrogen and oxygen atoms in total. The highest BCUT2D eigenvalue weighted by molar-refractivity contribution is 6.12. The molecule has 1 heterocycles. The molecule has 0 aliphatic heterocycles. The molecule has 23 heavy (non-hydrogen) atoms. The second kappa shape index (κ2) is 6.08. The average Bonchev–Trinajstić information content (AvgIpc) is 2.62. The number of nitrogens with zero attached hydrogens (tertiary/aromatic N) is 3. The summed E-state index contributed by atoms with van der Waals surface area (Å²) in [5, 5.41) is 9.26. The summed E-state index contributed by atoms with van der Waals surface area (Å²) < 4.78 is 0. The van der Waals surface area contributed by atoms with Crippen LogP contribution >= 0.6 is 0 Å². The Balaban J connectivity index is 2.19. The topological polar surface area (TPSA) is 92.7 Å². The van der Waals surface area contributed by atoms with Crippen molar-refractivity contribution >= 4 is 11.7 Å². The lowest BCUT2D eigenvalue weighted by Crippen LogP contribution is -2.06. The maximum Gasteiger partial charge on any atom is 0.220 e. The number of carbonyl (C=O) groups is 1. The Hall–Kier alpha value is -3.52. The van der Waals surface area contributed by atoms with E-state index in [-0.39, 0.29) is 17.3 Å². The van der Waals surface area contributed by atoms with Crippen molar-refractivity contribution < 1.29 is 4.79 Å². The number of nitriles is 1. The van der Waals surface area contributed by atoms with Gasteiger partial charge < -0.3 is 5.73 Å². The first kappa shape index (κ1) is 14.4. The van der Waals surface area contributed by atoms with Gasteiger partial charge in [-0.25, -0.2) is 9.97 Å². The van der Waals surface area contributed by atoms with E-state index in [1.165, 1.54) is 6.20 Å². The van der Waals surface area contributed by atoms with E-state index in [2.05, 4.69) is 9.97 Å². The lowest BCUT2D eigenvalue weighted by molar-refractivity contribution is 0.103. The molecule has 0 saturated heterocycles. The highest BCUT2D eigenvalue weighted by atomic mass is 16.1. The summed E-state index contributed by atoms with van der Waals surface area (Å²) in [6, 6.07) is 18.0. The van der Waals surface area contributed by atoms with Crippen LogP contribution in [0.5, 0.6) is 0 Å². The zero-order valence-electron chi connectivity index (χ0n) is 12.1. The molecule has 3 rings (SSSR count). The number of rotatable bonds is 3. The van der Waals surface area contributed by atoms with Crippen molar-refractivity contribution in [2.75, 3.05) is 5.73 Å². The fraction of sp³-hybridized carbons (Fsp3) is 0. The fourth-order valence-corrected chi connectivity index (χ4v) is 2.32. The third-order valence-electron chi connectivity index (χ3n) is 3.39. The molecule has 0 unspecified atom stereocenters. The average molecular weight is 300 g/mol. The Labute approximate surface area is 133 Å². The monoisotopic (exact) mass is 300 g/mol. The number of ketones is 1. The van der Waals surface area contributed by atoms with Crippen LogP contribution in [-0.4, -0.2) is 15.8 Å². The van der Waals surface area contributed by atoms with Crippen LogP contribution in [0.15, 0.2) is 60.8 Å². The van der Waals surface area contributed by atoms with Crippen LogP contribution in [-0.2, 0) is 0 Å². The van der Waals surface area contributed by atoms with Crippen molar-refractivity contribution in [2.24, 2.45) is 0 Å². The largest absolute Gasteiger partial charge is 0.368 e. The molecule has 5 heteroatoms. The molecule has 0 bridgehead atoms. The van der Waals surface area contributed by atoms with Crippen LogP contribution in [0, 0.1) is 11.3 Å². The van der Waals surface area contributed by atoms with Gasteiger partial charge in [-0.1, -0.05) is 54.6 Å². The molecule has 0 saturated carbocycles. The second-order valence-electron chi connectivity index (χ2n) is 4.84. The molecule has 2 aromatic carbocycles. The zero-order chi connectivity index (χ0) is 16.2. The maximum absolute atomic E-state index is 12.8. The van der Waals surface area contributed by atoms with E-state index in [0.717, 1.165) is 0 Å². The van der Waals surface area contributed by atoms with E-state index in [1.54, 1.807) is 48.5 Å². The Morgan fingerprint density at radius 1 is 1.04 bits per heavy atom. The highest BCUT2D eigenvalue weighted by Crippen LogP contribution is 2.27. The van der Waals surface area contributed by atoms with Crippen LogP contribution < -0.4 is 5.73 Å². The van der Waals surface area contributed by atoms with Crippen molar-refractivity contribution in [3.05, 3.63) is 77.5 Å². The number of benzene rings is 2. The van der Waals surface area contributed by atoms with Gasteiger partial charge in [0.05, 0.1) is 17.5 Å². The van der Waals surface area contributed by atoms with Gasteiger partial charge in [-0.15, -0.1) is 0 Å². The number of nitrogen functional groups attached to an aromatic ring is 1. The van der Waals surface area contributed by atoms with Gasteiger partial charge in [0.1, 0.15) is 6.07 Å². The fourth-order valence-electron chi connectivity index (χ4n) is 2.32. The van der Waals surface area contributed by atoms with Crippen LogP contribution in [0.1, 0.15) is 21.5 Å². The number of hydrogen-bond acceptors (Lipinski definition) is 5. The minimum absolute atomic E-state index is 0.0564. The lowest BCUT2D eigenvalue weighted by Gasteiger charge is -2.10. The molecule has 0 spiro atoms. The molecule has 0 aliphatic carbocycles. The van der Waals surface area contributed by atoms with Crippen molar-refractivity contribution in [1.82, 2.24) is 9.97 Å². The van der Waals surface area contributed by atoms with E-state index < -0.39 is 0 Å². The summed E-state index contributed by atoms with van der Waals surface area (Å²) in [5.74, 6) is -0.0803. The van der Waals surface area contributed by atoms with Crippen molar-refractivity contribution in [2.45, 2.75) is 0 Å². The SMILES string of the molecule is N#Cc1cnc(N)nc1-c1ccccc1C(=O)c1ccccc1. The predicted molar refractivity (Wildman–Crippen MR) is 86.5 cm³/mol. The van der Waals surface area contributed by atoms with Gasteiger partial charge >= 0.3 is 0 Å². The molecule has 3 aromatic rings. The third kappa shape index (κ3) is 2.78. The number of aromatic nitrogens is 2. The van der Waals surface area contributed by atoms with Gasteiger partial charge in [0.15, 0.2) is 5.78 Å². The van der Waals surface area contributed by atoms with E-state index in [1.807, 2.05) is 12.1 Å². The van der Waals surface area contributed by atoms with Gasteiger partial charge in [-0.2, -0.15) is 5.26 Å². The summed E-state index contributed by atoms with van der Waals surface area (Å²) in [6.07, 6.45) is 1.36. The third-order valence-corrected chi connectivity index (χ3v) is 3.39. The Morgan fingerprint density at radius 3 is 2.48 bits per heavy atom. The first-order valence-corrected chi connectivity index (χ1v) is 6.92. The standard InChI is InChI=1S/C18H12N4O/c19-10-13-11-21-18(20)22-16(13)14-8-4-5-9-15(14)17(23)12-6-2-1-3-7-12/h1-9,11H,(H2,20,21,22). The van der Waals surface area contributed by atoms with E-state index in [4.69, 9.17) is 5.73 Å². The smallest absolute Gasteiger partial charge is 0.220 e. The van der Waals surface area contributed by atoms with Crippen molar-refractivity contribution in [3.63, 3.8) is 0 Å². The summed E-state index contributed by atoms with van der Waals surface area (Å²) in [7, 11) is 0. The Bertz CT molecular complexity index is 914. The zero-order valence-corrected chi connectivity index (χ0v) is 12.1. The summed E-state index contributed by atoms with van der Waals surface area (Å²) in [4.78, 5) is 20.7. The first-order chi connectivity index (χ1) is 11.2. The minimum atomic E-state index is -0.137. The van der Waals surface area contributed by atoms with Crippen LogP contribution in [0.3, 0.4) is 0 Å². The summed E-state index contributed by atoms with van der Waals surface area (Å²) in [5.41, 5.74) is 7.87. The number of hydrogen-bond donors (Lipinski definition) is 1. The molecular weight excluding hydrogens is 288 g/mol. The molecule has 2 N–H and O–H groups in total.